The Kier molecular flexibility index (Phi) is 5.76. The summed E-state index contributed by atoms with van der Waals surface area (Å²) in [5.74, 6) is 0. The third kappa shape index (κ3) is 4.47. The number of nitrogens with zero attached hydrogens (tertiary/aromatic N) is 2. The molecule has 0 aliphatic carbocycles. The minimum Gasteiger partial charge on any atom is -0.379 e. The average Bonchev–Trinajstić information content (AvgIpc) is 2.97. The van der Waals surface area contributed by atoms with Crippen molar-refractivity contribution in [2.45, 2.75) is 25.4 Å². The number of nitrogens with two attached hydrogens (primary N) is 1. The van der Waals surface area contributed by atoms with Gasteiger partial charge in [-0.3, -0.25) is 4.98 Å². The molecule has 1 saturated heterocycles. The highest BCUT2D eigenvalue weighted by atomic mass is 16.5. The Morgan fingerprint density at radius 1 is 1.60 bits per heavy atom. The minimum atomic E-state index is -0.0576. The molecule has 0 saturated carbocycles. The molecule has 0 radical (unpaired) electrons. The molecule has 0 aromatic carbocycles. The summed E-state index contributed by atoms with van der Waals surface area (Å²) in [5, 5.41) is 3.01. The van der Waals surface area contributed by atoms with Gasteiger partial charge in [-0.2, -0.15) is 0 Å². The molecule has 1 atom stereocenters. The molecule has 0 bridgehead atoms. The molecule has 1 aromatic heterocycles. The highest BCUT2D eigenvalue weighted by Gasteiger charge is 2.21. The number of aromatic nitrogens is 1. The van der Waals surface area contributed by atoms with Crippen LogP contribution in [0.5, 0.6) is 0 Å². The van der Waals surface area contributed by atoms with Crippen molar-refractivity contribution in [2.24, 2.45) is 5.73 Å². The molecule has 1 aliphatic rings. The van der Waals surface area contributed by atoms with Gasteiger partial charge >= 0.3 is 6.03 Å². The Morgan fingerprint density at radius 3 is 3.15 bits per heavy atom. The molecule has 1 unspecified atom stereocenters. The highest BCUT2D eigenvalue weighted by Crippen LogP contribution is 2.07. The number of carbonyl (C=O) groups is 1. The summed E-state index contributed by atoms with van der Waals surface area (Å²) in [6.07, 6.45) is 5.17. The van der Waals surface area contributed by atoms with Crippen LogP contribution in [0.2, 0.25) is 0 Å². The Morgan fingerprint density at radius 2 is 2.50 bits per heavy atom. The molecule has 2 rings (SSSR count). The number of hydrogen-bond acceptors (Lipinski definition) is 4. The van der Waals surface area contributed by atoms with E-state index >= 15 is 0 Å². The van der Waals surface area contributed by atoms with Crippen LogP contribution in [0.1, 0.15) is 18.4 Å². The number of pyridine rings is 1. The van der Waals surface area contributed by atoms with Crippen LogP contribution in [0, 0.1) is 0 Å². The van der Waals surface area contributed by atoms with E-state index in [0.29, 0.717) is 26.2 Å². The molecule has 3 N–H and O–H groups in total. The van der Waals surface area contributed by atoms with Crippen LogP contribution in [0.15, 0.2) is 24.5 Å². The van der Waals surface area contributed by atoms with Gasteiger partial charge in [0.25, 0.3) is 0 Å². The van der Waals surface area contributed by atoms with Crippen molar-refractivity contribution >= 4 is 6.03 Å². The lowest BCUT2D eigenvalue weighted by atomic mass is 10.2. The first kappa shape index (κ1) is 14.7. The number of ether oxygens (including phenoxy) is 1. The second-order valence-electron chi connectivity index (χ2n) is 4.94. The predicted molar refractivity (Wildman–Crippen MR) is 76.1 cm³/mol. The number of nitrogens with one attached hydrogen (secondary N) is 1. The molecule has 6 heteroatoms. The molecule has 2 amide bonds. The van der Waals surface area contributed by atoms with Gasteiger partial charge in [-0.1, -0.05) is 6.07 Å². The number of urea groups is 1. The Bertz CT molecular complexity index is 407. The van der Waals surface area contributed by atoms with Crippen LogP contribution in [0.25, 0.3) is 0 Å². The van der Waals surface area contributed by atoms with Gasteiger partial charge in [0.05, 0.1) is 12.6 Å². The lowest BCUT2D eigenvalue weighted by molar-refractivity contribution is 0.176. The second-order valence-corrected chi connectivity index (χ2v) is 4.94. The van der Waals surface area contributed by atoms with Gasteiger partial charge in [0.15, 0.2) is 0 Å². The maximum Gasteiger partial charge on any atom is 0.317 e. The van der Waals surface area contributed by atoms with Crippen LogP contribution in [-0.2, 0) is 11.3 Å². The van der Waals surface area contributed by atoms with Gasteiger partial charge in [-0.25, -0.2) is 4.79 Å². The summed E-state index contributed by atoms with van der Waals surface area (Å²) in [5.41, 5.74) is 6.56. The fourth-order valence-electron chi connectivity index (χ4n) is 2.16. The first-order valence-electron chi connectivity index (χ1n) is 7.01. The van der Waals surface area contributed by atoms with Gasteiger partial charge in [0.2, 0.25) is 0 Å². The smallest absolute Gasteiger partial charge is 0.317 e. The normalized spacial score (nSPS) is 17.9. The van der Waals surface area contributed by atoms with E-state index in [1.165, 1.54) is 0 Å². The first-order chi connectivity index (χ1) is 9.79. The Hall–Kier alpha value is -1.66. The third-order valence-electron chi connectivity index (χ3n) is 3.27. The van der Waals surface area contributed by atoms with E-state index < -0.39 is 0 Å². The zero-order valence-corrected chi connectivity index (χ0v) is 11.6. The van der Waals surface area contributed by atoms with Crippen molar-refractivity contribution in [3.63, 3.8) is 0 Å². The van der Waals surface area contributed by atoms with E-state index in [4.69, 9.17) is 10.5 Å². The molecule has 0 spiro atoms. The summed E-state index contributed by atoms with van der Waals surface area (Å²) in [6.45, 7) is 3.08. The topological polar surface area (TPSA) is 80.5 Å². The van der Waals surface area contributed by atoms with Gasteiger partial charge in [0, 0.05) is 32.1 Å². The summed E-state index contributed by atoms with van der Waals surface area (Å²) >= 11 is 0. The SMILES string of the molecule is NCCCN(Cc1cccnc1)C(=O)NC1CCOC1. The number of amides is 2. The number of hydrogen-bond donors (Lipinski definition) is 2. The molecule has 20 heavy (non-hydrogen) atoms. The van der Waals surface area contributed by atoms with E-state index in [1.807, 2.05) is 12.1 Å². The molecule has 110 valence electrons. The van der Waals surface area contributed by atoms with Crippen LogP contribution in [0.4, 0.5) is 4.79 Å². The second kappa shape index (κ2) is 7.81. The van der Waals surface area contributed by atoms with Crippen LogP contribution >= 0.6 is 0 Å². The lowest BCUT2D eigenvalue weighted by Crippen LogP contribution is -2.45. The zero-order valence-electron chi connectivity index (χ0n) is 11.6. The van der Waals surface area contributed by atoms with Crippen molar-refractivity contribution in [3.05, 3.63) is 30.1 Å². The fraction of sp³-hybridized carbons (Fsp3) is 0.571. The van der Waals surface area contributed by atoms with Crippen molar-refractivity contribution < 1.29 is 9.53 Å². The van der Waals surface area contributed by atoms with E-state index in [0.717, 1.165) is 25.0 Å². The van der Waals surface area contributed by atoms with Gasteiger partial charge in [0.1, 0.15) is 0 Å². The molecule has 1 aliphatic heterocycles. The minimum absolute atomic E-state index is 0.0576. The van der Waals surface area contributed by atoms with E-state index in [9.17, 15) is 4.79 Å². The van der Waals surface area contributed by atoms with Crippen LogP contribution < -0.4 is 11.1 Å². The summed E-state index contributed by atoms with van der Waals surface area (Å²) in [6, 6.07) is 3.91. The Labute approximate surface area is 119 Å². The van der Waals surface area contributed by atoms with Gasteiger partial charge < -0.3 is 20.7 Å². The van der Waals surface area contributed by atoms with E-state index in [-0.39, 0.29) is 12.1 Å². The van der Waals surface area contributed by atoms with Crippen LogP contribution in [0.3, 0.4) is 0 Å². The molecule has 1 fully saturated rings. The monoisotopic (exact) mass is 278 g/mol. The first-order valence-corrected chi connectivity index (χ1v) is 7.01. The van der Waals surface area contributed by atoms with Crippen molar-refractivity contribution in [2.75, 3.05) is 26.3 Å². The zero-order chi connectivity index (χ0) is 14.2. The van der Waals surface area contributed by atoms with E-state index in [1.54, 1.807) is 17.3 Å². The standard InChI is InChI=1S/C14H22N4O2/c15-5-2-7-18(10-12-3-1-6-16-9-12)14(19)17-13-4-8-20-11-13/h1,3,6,9,13H,2,4-5,7-8,10-11,15H2,(H,17,19). The molecular weight excluding hydrogens is 256 g/mol. The maximum atomic E-state index is 12.3. The molecular formula is C14H22N4O2. The van der Waals surface area contributed by atoms with Crippen LogP contribution in [-0.4, -0.2) is 48.3 Å². The highest BCUT2D eigenvalue weighted by molar-refractivity contribution is 5.74. The number of rotatable bonds is 6. The third-order valence-corrected chi connectivity index (χ3v) is 3.27. The molecule has 1 aromatic rings. The Balaban J connectivity index is 1.92. The summed E-state index contributed by atoms with van der Waals surface area (Å²) < 4.78 is 5.27. The summed E-state index contributed by atoms with van der Waals surface area (Å²) in [4.78, 5) is 18.2. The fourth-order valence-corrected chi connectivity index (χ4v) is 2.16. The summed E-state index contributed by atoms with van der Waals surface area (Å²) in [7, 11) is 0. The van der Waals surface area contributed by atoms with Crippen molar-refractivity contribution in [3.8, 4) is 0 Å². The maximum absolute atomic E-state index is 12.3. The molecule has 2 heterocycles. The quantitative estimate of drug-likeness (QED) is 0.804. The predicted octanol–water partition coefficient (Wildman–Crippen LogP) is 0.731. The lowest BCUT2D eigenvalue weighted by Gasteiger charge is -2.24. The largest absolute Gasteiger partial charge is 0.379 e. The van der Waals surface area contributed by atoms with E-state index in [2.05, 4.69) is 10.3 Å². The van der Waals surface area contributed by atoms with Crippen molar-refractivity contribution in [1.82, 2.24) is 15.2 Å². The average molecular weight is 278 g/mol. The van der Waals surface area contributed by atoms with Gasteiger partial charge in [-0.05, 0) is 31.0 Å². The van der Waals surface area contributed by atoms with Gasteiger partial charge in [-0.15, -0.1) is 0 Å². The van der Waals surface area contributed by atoms with Crippen molar-refractivity contribution in [1.29, 1.82) is 0 Å². The molecule has 6 nitrogen and oxygen atoms in total. The number of carbonyl (C=O) groups excluding carboxylic acids is 1.